The summed E-state index contributed by atoms with van der Waals surface area (Å²) in [5.41, 5.74) is 0. The molecule has 0 aliphatic heterocycles. The molecule has 0 heteroatoms. The Labute approximate surface area is 103 Å². The van der Waals surface area contributed by atoms with E-state index in [-0.39, 0.29) is 0 Å². The van der Waals surface area contributed by atoms with Gasteiger partial charge in [0.2, 0.25) is 0 Å². The van der Waals surface area contributed by atoms with Crippen LogP contribution in [0.15, 0.2) is 0 Å². The summed E-state index contributed by atoms with van der Waals surface area (Å²) in [6.07, 6.45) is 14.9. The van der Waals surface area contributed by atoms with Gasteiger partial charge < -0.3 is 0 Å². The fourth-order valence-corrected chi connectivity index (χ4v) is 3.13. The normalized spacial score (nSPS) is 20.2. The van der Waals surface area contributed by atoms with Crippen LogP contribution < -0.4 is 0 Å². The van der Waals surface area contributed by atoms with Gasteiger partial charge in [-0.15, -0.1) is 0 Å². The van der Waals surface area contributed by atoms with Crippen LogP contribution in [0.25, 0.3) is 0 Å². The first kappa shape index (κ1) is 14.1. The number of rotatable bonds is 7. The van der Waals surface area contributed by atoms with E-state index < -0.39 is 0 Å². The van der Waals surface area contributed by atoms with Gasteiger partial charge in [-0.25, -0.2) is 0 Å². The SMILES string of the molecule is CC(C)CCCCCC(C)C1CCCCC1. The molecule has 0 aromatic carbocycles. The van der Waals surface area contributed by atoms with Gasteiger partial charge in [0.15, 0.2) is 0 Å². The first-order valence-electron chi connectivity index (χ1n) is 7.70. The van der Waals surface area contributed by atoms with E-state index in [9.17, 15) is 0 Å². The van der Waals surface area contributed by atoms with Crippen molar-refractivity contribution >= 4 is 0 Å². The highest BCUT2D eigenvalue weighted by Gasteiger charge is 2.19. The molecular formula is C16H32. The molecule has 0 saturated heterocycles. The topological polar surface area (TPSA) is 0 Å². The van der Waals surface area contributed by atoms with E-state index in [0.29, 0.717) is 0 Å². The molecule has 0 N–H and O–H groups in total. The molecule has 1 aliphatic rings. The molecule has 1 fully saturated rings. The summed E-state index contributed by atoms with van der Waals surface area (Å²) in [5, 5.41) is 0. The second-order valence-electron chi connectivity index (χ2n) is 6.41. The van der Waals surface area contributed by atoms with Crippen molar-refractivity contribution in [3.05, 3.63) is 0 Å². The lowest BCUT2D eigenvalue weighted by Crippen LogP contribution is -2.15. The van der Waals surface area contributed by atoms with Crippen molar-refractivity contribution < 1.29 is 0 Å². The average molecular weight is 224 g/mol. The predicted molar refractivity (Wildman–Crippen MR) is 73.7 cm³/mol. The van der Waals surface area contributed by atoms with Crippen molar-refractivity contribution in [2.45, 2.75) is 85.0 Å². The fraction of sp³-hybridized carbons (Fsp3) is 1.00. The Balaban J connectivity index is 1.98. The summed E-state index contributed by atoms with van der Waals surface area (Å²) in [6, 6.07) is 0. The molecule has 0 aromatic rings. The maximum absolute atomic E-state index is 2.50. The van der Waals surface area contributed by atoms with Crippen LogP contribution in [0.3, 0.4) is 0 Å². The van der Waals surface area contributed by atoms with E-state index >= 15 is 0 Å². The van der Waals surface area contributed by atoms with Crippen molar-refractivity contribution in [3.63, 3.8) is 0 Å². The lowest BCUT2D eigenvalue weighted by atomic mass is 9.79. The third kappa shape index (κ3) is 5.92. The van der Waals surface area contributed by atoms with E-state index in [4.69, 9.17) is 0 Å². The van der Waals surface area contributed by atoms with Gasteiger partial charge in [-0.2, -0.15) is 0 Å². The Kier molecular flexibility index (Phi) is 7.16. The molecule has 1 unspecified atom stereocenters. The zero-order chi connectivity index (χ0) is 11.8. The smallest absolute Gasteiger partial charge is 0.0388 e. The molecule has 0 bridgehead atoms. The van der Waals surface area contributed by atoms with Crippen LogP contribution in [0.1, 0.15) is 85.0 Å². The van der Waals surface area contributed by atoms with Crippen molar-refractivity contribution in [1.29, 1.82) is 0 Å². The molecule has 1 rings (SSSR count). The Hall–Kier alpha value is 0. The molecule has 0 heterocycles. The summed E-state index contributed by atoms with van der Waals surface area (Å²) in [6.45, 7) is 7.17. The molecule has 16 heavy (non-hydrogen) atoms. The Morgan fingerprint density at radius 2 is 1.44 bits per heavy atom. The van der Waals surface area contributed by atoms with Gasteiger partial charge >= 0.3 is 0 Å². The quantitative estimate of drug-likeness (QED) is 0.479. The molecule has 96 valence electrons. The minimum absolute atomic E-state index is 0.899. The lowest BCUT2D eigenvalue weighted by Gasteiger charge is -2.27. The Bertz CT molecular complexity index is 153. The maximum atomic E-state index is 2.50. The third-order valence-electron chi connectivity index (χ3n) is 4.40. The predicted octanol–water partition coefficient (Wildman–Crippen LogP) is 5.81. The molecule has 0 radical (unpaired) electrons. The van der Waals surface area contributed by atoms with E-state index in [1.807, 2.05) is 0 Å². The second kappa shape index (κ2) is 8.14. The Morgan fingerprint density at radius 3 is 2.06 bits per heavy atom. The highest BCUT2D eigenvalue weighted by molar-refractivity contribution is 4.71. The van der Waals surface area contributed by atoms with E-state index in [2.05, 4.69) is 20.8 Å². The highest BCUT2D eigenvalue weighted by Crippen LogP contribution is 2.32. The molecule has 1 aliphatic carbocycles. The molecule has 1 atom stereocenters. The van der Waals surface area contributed by atoms with Crippen LogP contribution in [0.2, 0.25) is 0 Å². The van der Waals surface area contributed by atoms with Crippen LogP contribution in [0, 0.1) is 17.8 Å². The van der Waals surface area contributed by atoms with E-state index in [0.717, 1.165) is 17.8 Å². The molecular weight excluding hydrogens is 192 g/mol. The summed E-state index contributed by atoms with van der Waals surface area (Å²) in [5.74, 6) is 2.97. The first-order chi connectivity index (χ1) is 7.70. The van der Waals surface area contributed by atoms with E-state index in [1.165, 1.54) is 64.2 Å². The van der Waals surface area contributed by atoms with Gasteiger partial charge in [-0.05, 0) is 17.8 Å². The van der Waals surface area contributed by atoms with E-state index in [1.54, 1.807) is 0 Å². The van der Waals surface area contributed by atoms with Crippen molar-refractivity contribution in [1.82, 2.24) is 0 Å². The van der Waals surface area contributed by atoms with Gasteiger partial charge in [0, 0.05) is 0 Å². The maximum Gasteiger partial charge on any atom is -0.0388 e. The van der Waals surface area contributed by atoms with Gasteiger partial charge in [0.25, 0.3) is 0 Å². The van der Waals surface area contributed by atoms with Gasteiger partial charge in [0.1, 0.15) is 0 Å². The van der Waals surface area contributed by atoms with Gasteiger partial charge in [-0.1, -0.05) is 85.0 Å². The minimum Gasteiger partial charge on any atom is -0.0628 e. The minimum atomic E-state index is 0.899. The van der Waals surface area contributed by atoms with Crippen molar-refractivity contribution in [2.75, 3.05) is 0 Å². The molecule has 1 saturated carbocycles. The average Bonchev–Trinajstić information content (AvgIpc) is 2.29. The van der Waals surface area contributed by atoms with Gasteiger partial charge in [-0.3, -0.25) is 0 Å². The Morgan fingerprint density at radius 1 is 0.812 bits per heavy atom. The summed E-state index contributed by atoms with van der Waals surface area (Å²) >= 11 is 0. The number of hydrogen-bond donors (Lipinski definition) is 0. The van der Waals surface area contributed by atoms with Crippen LogP contribution in [-0.2, 0) is 0 Å². The van der Waals surface area contributed by atoms with Crippen LogP contribution >= 0.6 is 0 Å². The first-order valence-corrected chi connectivity index (χ1v) is 7.70. The fourth-order valence-electron chi connectivity index (χ4n) is 3.13. The molecule has 0 nitrogen and oxygen atoms in total. The molecule has 0 spiro atoms. The molecule has 0 amide bonds. The second-order valence-corrected chi connectivity index (χ2v) is 6.41. The van der Waals surface area contributed by atoms with Crippen molar-refractivity contribution in [3.8, 4) is 0 Å². The zero-order valence-corrected chi connectivity index (χ0v) is 11.8. The lowest BCUT2D eigenvalue weighted by molar-refractivity contribution is 0.247. The monoisotopic (exact) mass is 224 g/mol. The number of unbranched alkanes of at least 4 members (excludes halogenated alkanes) is 2. The summed E-state index contributed by atoms with van der Waals surface area (Å²) in [4.78, 5) is 0. The van der Waals surface area contributed by atoms with Crippen LogP contribution in [0.5, 0.6) is 0 Å². The van der Waals surface area contributed by atoms with Crippen molar-refractivity contribution in [2.24, 2.45) is 17.8 Å². The number of hydrogen-bond acceptors (Lipinski definition) is 0. The molecule has 0 aromatic heterocycles. The standard InChI is InChI=1S/C16H32/c1-14(2)10-6-4-7-11-15(3)16-12-8-5-9-13-16/h14-16H,4-13H2,1-3H3. The van der Waals surface area contributed by atoms with Crippen LogP contribution in [-0.4, -0.2) is 0 Å². The van der Waals surface area contributed by atoms with Gasteiger partial charge in [0.05, 0.1) is 0 Å². The largest absolute Gasteiger partial charge is 0.0628 e. The third-order valence-corrected chi connectivity index (χ3v) is 4.40. The summed E-state index contributed by atoms with van der Waals surface area (Å²) in [7, 11) is 0. The summed E-state index contributed by atoms with van der Waals surface area (Å²) < 4.78 is 0. The zero-order valence-electron chi connectivity index (χ0n) is 11.8. The highest BCUT2D eigenvalue weighted by atomic mass is 14.2. The van der Waals surface area contributed by atoms with Crippen LogP contribution in [0.4, 0.5) is 0 Å².